The first-order valence-corrected chi connectivity index (χ1v) is 7.86. The number of rotatable bonds is 9. The van der Waals surface area contributed by atoms with Gasteiger partial charge in [0.2, 0.25) is 10.0 Å². The van der Waals surface area contributed by atoms with Crippen molar-refractivity contribution in [2.75, 3.05) is 19.8 Å². The van der Waals surface area contributed by atoms with E-state index in [1.807, 2.05) is 6.92 Å². The third-order valence-electron chi connectivity index (χ3n) is 2.52. The standard InChI is InChI=1S/C12H22N2O4S/c1-3-6-17-7-4-5-14-19(15,16)12-8-11(9-13)18-10(12)2/h8,14H,3-7,9,13H2,1-2H3. The molecule has 0 bridgehead atoms. The highest BCUT2D eigenvalue weighted by atomic mass is 32.2. The molecule has 0 aliphatic heterocycles. The Balaban J connectivity index is 2.49. The van der Waals surface area contributed by atoms with Crippen LogP contribution < -0.4 is 10.5 Å². The number of nitrogens with two attached hydrogens (primary N) is 1. The predicted octanol–water partition coefficient (Wildman–Crippen LogP) is 1.14. The van der Waals surface area contributed by atoms with Crippen LogP contribution >= 0.6 is 0 Å². The van der Waals surface area contributed by atoms with Crippen molar-refractivity contribution in [2.45, 2.75) is 38.1 Å². The molecule has 0 amide bonds. The first-order chi connectivity index (χ1) is 9.01. The Kier molecular flexibility index (Phi) is 6.50. The summed E-state index contributed by atoms with van der Waals surface area (Å²) in [7, 11) is -3.53. The van der Waals surface area contributed by atoms with Gasteiger partial charge in [0.05, 0.1) is 6.54 Å². The van der Waals surface area contributed by atoms with Crippen LogP contribution in [-0.4, -0.2) is 28.2 Å². The zero-order chi connectivity index (χ0) is 14.3. The summed E-state index contributed by atoms with van der Waals surface area (Å²) in [6, 6.07) is 1.46. The minimum Gasteiger partial charge on any atom is -0.464 e. The third kappa shape index (κ3) is 4.94. The van der Waals surface area contributed by atoms with E-state index in [0.717, 1.165) is 6.42 Å². The van der Waals surface area contributed by atoms with Crippen LogP contribution in [0.5, 0.6) is 0 Å². The highest BCUT2D eigenvalue weighted by molar-refractivity contribution is 7.89. The second-order valence-corrected chi connectivity index (χ2v) is 5.94. The lowest BCUT2D eigenvalue weighted by atomic mass is 10.4. The fourth-order valence-electron chi connectivity index (χ4n) is 1.60. The second kappa shape index (κ2) is 7.64. The Morgan fingerprint density at radius 2 is 2.16 bits per heavy atom. The molecule has 19 heavy (non-hydrogen) atoms. The molecule has 0 saturated heterocycles. The van der Waals surface area contributed by atoms with Crippen molar-refractivity contribution in [3.8, 4) is 0 Å². The molecule has 0 saturated carbocycles. The van der Waals surface area contributed by atoms with Crippen LogP contribution in [0.25, 0.3) is 0 Å². The molecule has 110 valence electrons. The molecule has 0 unspecified atom stereocenters. The molecule has 7 heteroatoms. The van der Waals surface area contributed by atoms with E-state index in [1.165, 1.54) is 6.07 Å². The van der Waals surface area contributed by atoms with E-state index in [-0.39, 0.29) is 11.4 Å². The van der Waals surface area contributed by atoms with Crippen LogP contribution in [-0.2, 0) is 21.3 Å². The molecular weight excluding hydrogens is 268 g/mol. The average molecular weight is 290 g/mol. The number of hydrogen-bond acceptors (Lipinski definition) is 5. The monoisotopic (exact) mass is 290 g/mol. The Bertz CT molecular complexity index is 482. The minimum atomic E-state index is -3.53. The van der Waals surface area contributed by atoms with Crippen molar-refractivity contribution in [1.82, 2.24) is 4.72 Å². The van der Waals surface area contributed by atoms with Gasteiger partial charge in [-0.15, -0.1) is 0 Å². The van der Waals surface area contributed by atoms with Crippen LogP contribution in [0.3, 0.4) is 0 Å². The van der Waals surface area contributed by atoms with Crippen molar-refractivity contribution < 1.29 is 17.6 Å². The summed E-state index contributed by atoms with van der Waals surface area (Å²) in [5.74, 6) is 0.819. The van der Waals surface area contributed by atoms with E-state index in [2.05, 4.69) is 4.72 Å². The van der Waals surface area contributed by atoms with E-state index >= 15 is 0 Å². The molecule has 0 atom stereocenters. The molecule has 1 aromatic heterocycles. The van der Waals surface area contributed by atoms with E-state index in [0.29, 0.717) is 37.7 Å². The normalized spacial score (nSPS) is 11.9. The maximum Gasteiger partial charge on any atom is 0.244 e. The number of aryl methyl sites for hydroxylation is 1. The largest absolute Gasteiger partial charge is 0.464 e. The average Bonchev–Trinajstić information content (AvgIpc) is 2.76. The Labute approximate surface area is 114 Å². The van der Waals surface area contributed by atoms with Crippen molar-refractivity contribution in [3.05, 3.63) is 17.6 Å². The fraction of sp³-hybridized carbons (Fsp3) is 0.667. The Morgan fingerprint density at radius 1 is 1.42 bits per heavy atom. The molecule has 1 heterocycles. The van der Waals surface area contributed by atoms with Gasteiger partial charge in [-0.3, -0.25) is 0 Å². The first-order valence-electron chi connectivity index (χ1n) is 6.38. The Hall–Kier alpha value is -0.890. The van der Waals surface area contributed by atoms with Crippen molar-refractivity contribution >= 4 is 10.0 Å². The SMILES string of the molecule is CCCOCCCNS(=O)(=O)c1cc(CN)oc1C. The zero-order valence-corrected chi connectivity index (χ0v) is 12.3. The van der Waals surface area contributed by atoms with Crippen molar-refractivity contribution in [1.29, 1.82) is 0 Å². The fourth-order valence-corrected chi connectivity index (χ4v) is 2.87. The topological polar surface area (TPSA) is 94.6 Å². The van der Waals surface area contributed by atoms with Gasteiger partial charge in [0, 0.05) is 25.8 Å². The maximum atomic E-state index is 12.0. The highest BCUT2D eigenvalue weighted by Crippen LogP contribution is 2.19. The Morgan fingerprint density at radius 3 is 2.74 bits per heavy atom. The van der Waals surface area contributed by atoms with E-state index < -0.39 is 10.0 Å². The number of nitrogens with one attached hydrogen (secondary N) is 1. The van der Waals surface area contributed by atoms with Gasteiger partial charge in [-0.2, -0.15) is 0 Å². The lowest BCUT2D eigenvalue weighted by molar-refractivity contribution is 0.133. The predicted molar refractivity (Wildman–Crippen MR) is 72.3 cm³/mol. The van der Waals surface area contributed by atoms with Gasteiger partial charge in [-0.1, -0.05) is 6.92 Å². The quantitative estimate of drug-likeness (QED) is 0.665. The third-order valence-corrected chi connectivity index (χ3v) is 4.09. The lowest BCUT2D eigenvalue weighted by Crippen LogP contribution is -2.25. The van der Waals surface area contributed by atoms with Crippen LogP contribution in [0, 0.1) is 6.92 Å². The number of furan rings is 1. The molecule has 0 spiro atoms. The zero-order valence-electron chi connectivity index (χ0n) is 11.4. The van der Waals surface area contributed by atoms with Crippen LogP contribution in [0.1, 0.15) is 31.3 Å². The van der Waals surface area contributed by atoms with Gasteiger partial charge >= 0.3 is 0 Å². The highest BCUT2D eigenvalue weighted by Gasteiger charge is 2.20. The van der Waals surface area contributed by atoms with Gasteiger partial charge in [-0.25, -0.2) is 13.1 Å². The van der Waals surface area contributed by atoms with E-state index in [1.54, 1.807) is 6.92 Å². The molecule has 6 nitrogen and oxygen atoms in total. The second-order valence-electron chi connectivity index (χ2n) is 4.20. The van der Waals surface area contributed by atoms with Crippen LogP contribution in [0.4, 0.5) is 0 Å². The number of hydrogen-bond donors (Lipinski definition) is 2. The smallest absolute Gasteiger partial charge is 0.244 e. The summed E-state index contributed by atoms with van der Waals surface area (Å²) in [6.45, 7) is 5.41. The molecular formula is C12H22N2O4S. The molecule has 0 radical (unpaired) electrons. The molecule has 0 aromatic carbocycles. The van der Waals surface area contributed by atoms with Gasteiger partial charge in [0.1, 0.15) is 16.4 Å². The summed E-state index contributed by atoms with van der Waals surface area (Å²) in [5, 5.41) is 0. The van der Waals surface area contributed by atoms with Gasteiger partial charge in [0.25, 0.3) is 0 Å². The summed E-state index contributed by atoms with van der Waals surface area (Å²) >= 11 is 0. The van der Waals surface area contributed by atoms with Gasteiger partial charge in [-0.05, 0) is 19.8 Å². The van der Waals surface area contributed by atoms with E-state index in [9.17, 15) is 8.42 Å². The molecule has 0 aliphatic rings. The molecule has 1 rings (SSSR count). The summed E-state index contributed by atoms with van der Waals surface area (Å²) in [4.78, 5) is 0.155. The van der Waals surface area contributed by atoms with Crippen molar-refractivity contribution in [3.63, 3.8) is 0 Å². The van der Waals surface area contributed by atoms with Crippen LogP contribution in [0.15, 0.2) is 15.4 Å². The maximum absolute atomic E-state index is 12.0. The summed E-state index contributed by atoms with van der Waals surface area (Å²) in [6.07, 6.45) is 1.60. The van der Waals surface area contributed by atoms with Crippen LogP contribution in [0.2, 0.25) is 0 Å². The number of sulfonamides is 1. The first kappa shape index (κ1) is 16.2. The van der Waals surface area contributed by atoms with Gasteiger partial charge in [0.15, 0.2) is 0 Å². The molecule has 0 fully saturated rings. The molecule has 3 N–H and O–H groups in total. The lowest BCUT2D eigenvalue weighted by Gasteiger charge is -2.05. The summed E-state index contributed by atoms with van der Waals surface area (Å²) < 4.78 is 37.1. The minimum absolute atomic E-state index is 0.155. The number of ether oxygens (including phenoxy) is 1. The van der Waals surface area contributed by atoms with Gasteiger partial charge < -0.3 is 14.9 Å². The summed E-state index contributed by atoms with van der Waals surface area (Å²) in [5.41, 5.74) is 5.42. The van der Waals surface area contributed by atoms with E-state index in [4.69, 9.17) is 14.9 Å². The van der Waals surface area contributed by atoms with Crippen molar-refractivity contribution in [2.24, 2.45) is 5.73 Å². The molecule has 0 aliphatic carbocycles. The molecule has 1 aromatic rings.